The van der Waals surface area contributed by atoms with Crippen LogP contribution in [0.1, 0.15) is 25.5 Å². The van der Waals surface area contributed by atoms with Gasteiger partial charge in [-0.3, -0.25) is 15.5 Å². The third kappa shape index (κ3) is 2.94. The maximum absolute atomic E-state index is 11.2. The number of rotatable bonds is 4. The molecule has 0 saturated carbocycles. The topological polar surface area (TPSA) is 128 Å². The van der Waals surface area contributed by atoms with Crippen LogP contribution in [0.15, 0.2) is 0 Å². The van der Waals surface area contributed by atoms with Gasteiger partial charge < -0.3 is 10.1 Å². The summed E-state index contributed by atoms with van der Waals surface area (Å²) in [5.41, 5.74) is 2.02. The van der Waals surface area contributed by atoms with Gasteiger partial charge in [0.1, 0.15) is 5.69 Å². The van der Waals surface area contributed by atoms with Crippen molar-refractivity contribution in [3.05, 3.63) is 15.8 Å². The first-order valence-corrected chi connectivity index (χ1v) is 6.31. The summed E-state index contributed by atoms with van der Waals surface area (Å²) < 4.78 is 5.43. The van der Waals surface area contributed by atoms with Gasteiger partial charge in [-0.1, -0.05) is 0 Å². The molecule has 0 radical (unpaired) electrons. The summed E-state index contributed by atoms with van der Waals surface area (Å²) in [6.07, 6.45) is 1.74. The van der Waals surface area contributed by atoms with E-state index >= 15 is 0 Å². The minimum atomic E-state index is -0.495. The van der Waals surface area contributed by atoms with Crippen molar-refractivity contribution >= 4 is 17.5 Å². The van der Waals surface area contributed by atoms with Gasteiger partial charge in [-0.05, 0) is 26.7 Å². The number of nitrogens with one attached hydrogen (secondary N) is 2. The van der Waals surface area contributed by atoms with E-state index in [1.54, 1.807) is 6.92 Å². The summed E-state index contributed by atoms with van der Waals surface area (Å²) in [6, 6.07) is 0. The minimum Gasteiger partial charge on any atom is -0.379 e. The van der Waals surface area contributed by atoms with Gasteiger partial charge in [0.2, 0.25) is 11.8 Å². The van der Waals surface area contributed by atoms with E-state index < -0.39 is 10.5 Å². The lowest BCUT2D eigenvalue weighted by Crippen LogP contribution is -2.43. The van der Waals surface area contributed by atoms with Gasteiger partial charge in [-0.2, -0.15) is 4.98 Å². The van der Waals surface area contributed by atoms with Gasteiger partial charge in [-0.25, -0.2) is 10.8 Å². The predicted molar refractivity (Wildman–Crippen MR) is 73.3 cm³/mol. The number of anilines is 2. The second kappa shape index (κ2) is 5.55. The van der Waals surface area contributed by atoms with Gasteiger partial charge in [-0.15, -0.1) is 0 Å². The number of nitrogens with zero attached hydrogens (tertiary/aromatic N) is 3. The number of nitro groups is 1. The molecule has 4 N–H and O–H groups in total. The monoisotopic (exact) mass is 282 g/mol. The molecule has 2 heterocycles. The standard InChI is InChI=1S/C11H18N6O3/c1-7-8(17(18)19)9(14-10(13-7)16-12)15-11(2)4-3-5-20-6-11/h3-6,12H2,1-2H3,(H2,13,14,15,16). The Morgan fingerprint density at radius 2 is 2.25 bits per heavy atom. The highest BCUT2D eigenvalue weighted by atomic mass is 16.6. The first-order valence-electron chi connectivity index (χ1n) is 6.31. The maximum atomic E-state index is 11.2. The number of hydrogen-bond donors (Lipinski definition) is 3. The fourth-order valence-corrected chi connectivity index (χ4v) is 2.26. The van der Waals surface area contributed by atoms with E-state index in [4.69, 9.17) is 10.6 Å². The minimum absolute atomic E-state index is 0.135. The molecule has 0 spiro atoms. The van der Waals surface area contributed by atoms with Crippen molar-refractivity contribution in [2.45, 2.75) is 32.2 Å². The molecule has 2 rings (SSSR count). The number of aryl methyl sites for hydroxylation is 1. The number of nitrogen functional groups attached to an aromatic ring is 1. The zero-order valence-corrected chi connectivity index (χ0v) is 11.5. The van der Waals surface area contributed by atoms with Crippen LogP contribution in [0.4, 0.5) is 17.5 Å². The maximum Gasteiger partial charge on any atom is 0.332 e. The molecule has 0 bridgehead atoms. The Hall–Kier alpha value is -2.00. The van der Waals surface area contributed by atoms with E-state index in [9.17, 15) is 10.1 Å². The smallest absolute Gasteiger partial charge is 0.332 e. The Kier molecular flexibility index (Phi) is 4.00. The lowest BCUT2D eigenvalue weighted by atomic mass is 9.95. The van der Waals surface area contributed by atoms with Gasteiger partial charge in [0, 0.05) is 6.61 Å². The third-order valence-corrected chi connectivity index (χ3v) is 3.23. The molecule has 0 aliphatic carbocycles. The molecular formula is C11H18N6O3. The number of hydrogen-bond acceptors (Lipinski definition) is 8. The molecule has 9 nitrogen and oxygen atoms in total. The van der Waals surface area contributed by atoms with Crippen molar-refractivity contribution in [2.75, 3.05) is 24.0 Å². The van der Waals surface area contributed by atoms with Crippen LogP contribution < -0.4 is 16.6 Å². The molecule has 1 aromatic rings. The number of ether oxygens (including phenoxy) is 1. The van der Waals surface area contributed by atoms with E-state index in [2.05, 4.69) is 20.7 Å². The number of hydrazine groups is 1. The Morgan fingerprint density at radius 1 is 1.50 bits per heavy atom. The first kappa shape index (κ1) is 14.4. The molecular weight excluding hydrogens is 264 g/mol. The van der Waals surface area contributed by atoms with Crippen LogP contribution in [0.5, 0.6) is 0 Å². The summed E-state index contributed by atoms with van der Waals surface area (Å²) in [7, 11) is 0. The molecule has 0 amide bonds. The molecule has 1 aliphatic rings. The number of nitrogens with two attached hydrogens (primary N) is 1. The van der Waals surface area contributed by atoms with Gasteiger partial charge in [0.05, 0.1) is 17.1 Å². The van der Waals surface area contributed by atoms with Gasteiger partial charge >= 0.3 is 5.69 Å². The van der Waals surface area contributed by atoms with Gasteiger partial charge in [0.25, 0.3) is 0 Å². The zero-order chi connectivity index (χ0) is 14.8. The van der Waals surface area contributed by atoms with E-state index in [-0.39, 0.29) is 23.1 Å². The highest BCUT2D eigenvalue weighted by Gasteiger charge is 2.32. The van der Waals surface area contributed by atoms with Crippen LogP contribution in [0, 0.1) is 17.0 Å². The lowest BCUT2D eigenvalue weighted by Gasteiger charge is -2.34. The molecule has 1 aromatic heterocycles. The zero-order valence-electron chi connectivity index (χ0n) is 11.5. The summed E-state index contributed by atoms with van der Waals surface area (Å²) in [4.78, 5) is 18.7. The van der Waals surface area contributed by atoms with Crippen molar-refractivity contribution in [1.29, 1.82) is 0 Å². The molecule has 1 unspecified atom stereocenters. The molecule has 0 aromatic carbocycles. The largest absolute Gasteiger partial charge is 0.379 e. The Balaban J connectivity index is 2.38. The average Bonchev–Trinajstić information content (AvgIpc) is 2.37. The van der Waals surface area contributed by atoms with E-state index in [1.165, 1.54) is 0 Å². The van der Waals surface area contributed by atoms with Crippen molar-refractivity contribution in [3.63, 3.8) is 0 Å². The summed E-state index contributed by atoms with van der Waals surface area (Å²) >= 11 is 0. The predicted octanol–water partition coefficient (Wildman–Crippen LogP) is 0.960. The average molecular weight is 282 g/mol. The Morgan fingerprint density at radius 3 is 2.80 bits per heavy atom. The SMILES string of the molecule is Cc1nc(NN)nc(NC2(C)CCCOC2)c1[N+](=O)[O-]. The number of aromatic nitrogens is 2. The fraction of sp³-hybridized carbons (Fsp3) is 0.636. The van der Waals surface area contributed by atoms with E-state index in [1.807, 2.05) is 6.92 Å². The molecule has 1 saturated heterocycles. The van der Waals surface area contributed by atoms with E-state index in [0.29, 0.717) is 13.2 Å². The van der Waals surface area contributed by atoms with Crippen LogP contribution in [-0.4, -0.2) is 33.6 Å². The van der Waals surface area contributed by atoms with Crippen LogP contribution >= 0.6 is 0 Å². The molecule has 1 atom stereocenters. The van der Waals surface area contributed by atoms with Gasteiger partial charge in [0.15, 0.2) is 0 Å². The quantitative estimate of drug-likeness (QED) is 0.423. The van der Waals surface area contributed by atoms with E-state index in [0.717, 1.165) is 12.8 Å². The molecule has 1 fully saturated rings. The van der Waals surface area contributed by atoms with Crippen molar-refractivity contribution < 1.29 is 9.66 Å². The van der Waals surface area contributed by atoms with Crippen LogP contribution in [0.2, 0.25) is 0 Å². The summed E-state index contributed by atoms with van der Waals surface area (Å²) in [6.45, 7) is 4.67. The molecule has 1 aliphatic heterocycles. The third-order valence-electron chi connectivity index (χ3n) is 3.23. The molecule has 9 heteroatoms. The lowest BCUT2D eigenvalue weighted by molar-refractivity contribution is -0.385. The van der Waals surface area contributed by atoms with Crippen molar-refractivity contribution in [3.8, 4) is 0 Å². The van der Waals surface area contributed by atoms with Crippen LogP contribution in [0.25, 0.3) is 0 Å². The molecule has 110 valence electrons. The van der Waals surface area contributed by atoms with Crippen LogP contribution in [-0.2, 0) is 4.74 Å². The molecule has 20 heavy (non-hydrogen) atoms. The summed E-state index contributed by atoms with van der Waals surface area (Å²) in [5.74, 6) is 5.57. The highest BCUT2D eigenvalue weighted by Crippen LogP contribution is 2.31. The Bertz CT molecular complexity index is 515. The highest BCUT2D eigenvalue weighted by molar-refractivity contribution is 5.61. The second-order valence-corrected chi connectivity index (χ2v) is 5.07. The van der Waals surface area contributed by atoms with Crippen molar-refractivity contribution in [2.24, 2.45) is 5.84 Å². The second-order valence-electron chi connectivity index (χ2n) is 5.07. The normalized spacial score (nSPS) is 22.4. The Labute approximate surface area is 116 Å². The summed E-state index contributed by atoms with van der Waals surface area (Å²) in [5, 5.41) is 14.3. The fourth-order valence-electron chi connectivity index (χ4n) is 2.26. The van der Waals surface area contributed by atoms with Crippen LogP contribution in [0.3, 0.4) is 0 Å². The first-order chi connectivity index (χ1) is 9.45. The van der Waals surface area contributed by atoms with Crippen molar-refractivity contribution in [1.82, 2.24) is 9.97 Å².